The molecular formula is C12H10ClF3O7S. The molecule has 0 saturated heterocycles. The van der Waals surface area contributed by atoms with Crippen LogP contribution < -0.4 is 0 Å². The summed E-state index contributed by atoms with van der Waals surface area (Å²) < 4.78 is 69.3. The lowest BCUT2D eigenvalue weighted by Crippen LogP contribution is -2.31. The number of hydrogen-bond donors (Lipinski definition) is 1. The van der Waals surface area contributed by atoms with Crippen molar-refractivity contribution in [3.05, 3.63) is 22.7 Å². The maximum absolute atomic E-state index is 12.5. The first-order valence-corrected chi connectivity index (χ1v) is 8.10. The zero-order valence-corrected chi connectivity index (χ0v) is 13.5. The van der Waals surface area contributed by atoms with Gasteiger partial charge < -0.3 is 14.0 Å². The molecule has 0 aromatic rings. The van der Waals surface area contributed by atoms with Crippen molar-refractivity contribution in [1.29, 1.82) is 0 Å². The van der Waals surface area contributed by atoms with Gasteiger partial charge in [-0.1, -0.05) is 0 Å². The topological polar surface area (TPSA) is 107 Å². The Hall–Kier alpha value is -1.75. The molecule has 2 atom stereocenters. The highest BCUT2D eigenvalue weighted by atomic mass is 35.5. The average Bonchev–Trinajstić information content (AvgIpc) is 2.87. The molecule has 1 N–H and O–H groups in total. The zero-order chi connectivity index (χ0) is 18.5. The lowest BCUT2D eigenvalue weighted by atomic mass is 9.87. The molecule has 0 aromatic carbocycles. The van der Waals surface area contributed by atoms with E-state index in [4.69, 9.17) is 21.4 Å². The van der Waals surface area contributed by atoms with Gasteiger partial charge in [0.15, 0.2) is 11.9 Å². The van der Waals surface area contributed by atoms with Crippen LogP contribution in [0.3, 0.4) is 0 Å². The number of hydrogen-bond acceptors (Lipinski definition) is 6. The number of allylic oxidation sites excluding steroid dienone is 3. The normalized spacial score (nSPS) is 27.6. The van der Waals surface area contributed by atoms with E-state index < -0.39 is 56.7 Å². The standard InChI is InChI=1S/C12H10ClF3O7S/c1-11(13)3-5(4-17)8(23-24(20,21)12(14,15)16)6-2-7(10(18)19)22-9(6)11/h4,7H,2-3H2,1H3,(H,18,19). The van der Waals surface area contributed by atoms with Gasteiger partial charge >= 0.3 is 21.6 Å². The van der Waals surface area contributed by atoms with Crippen LogP contribution in [0.15, 0.2) is 22.7 Å². The van der Waals surface area contributed by atoms with Crippen molar-refractivity contribution in [3.63, 3.8) is 0 Å². The van der Waals surface area contributed by atoms with Crippen molar-refractivity contribution in [1.82, 2.24) is 0 Å². The van der Waals surface area contributed by atoms with E-state index in [1.54, 1.807) is 0 Å². The second kappa shape index (κ2) is 5.66. The Morgan fingerprint density at radius 1 is 1.50 bits per heavy atom. The van der Waals surface area contributed by atoms with Gasteiger partial charge in [0.05, 0.1) is 0 Å². The Balaban J connectivity index is 2.54. The molecule has 12 heteroatoms. The molecule has 1 aliphatic heterocycles. The summed E-state index contributed by atoms with van der Waals surface area (Å²) in [4.78, 5) is 20.8. The molecule has 1 aliphatic carbocycles. The SMILES string of the molecule is CC1(Cl)CC(C=O)=C(OS(=O)(=O)C(F)(F)F)C2=C1OC(C(=O)O)C2. The summed E-state index contributed by atoms with van der Waals surface area (Å²) in [5, 5.41) is 8.98. The van der Waals surface area contributed by atoms with Crippen molar-refractivity contribution in [2.75, 3.05) is 0 Å². The molecule has 24 heavy (non-hydrogen) atoms. The van der Waals surface area contributed by atoms with Gasteiger partial charge in [0.25, 0.3) is 0 Å². The van der Waals surface area contributed by atoms with Gasteiger partial charge in [-0.25, -0.2) is 4.79 Å². The molecule has 2 unspecified atom stereocenters. The van der Waals surface area contributed by atoms with Gasteiger partial charge in [-0.2, -0.15) is 21.6 Å². The largest absolute Gasteiger partial charge is 0.534 e. The molecule has 0 aromatic heterocycles. The molecule has 0 amide bonds. The average molecular weight is 391 g/mol. The maximum atomic E-state index is 12.5. The molecule has 0 saturated carbocycles. The van der Waals surface area contributed by atoms with Crippen LogP contribution in [0.1, 0.15) is 19.8 Å². The van der Waals surface area contributed by atoms with Gasteiger partial charge in [0.1, 0.15) is 16.9 Å². The quantitative estimate of drug-likeness (QED) is 0.338. The van der Waals surface area contributed by atoms with Crippen LogP contribution in [-0.2, 0) is 28.6 Å². The summed E-state index contributed by atoms with van der Waals surface area (Å²) in [7, 11) is -6.05. The maximum Gasteiger partial charge on any atom is 0.534 e. The van der Waals surface area contributed by atoms with Crippen LogP contribution in [0.5, 0.6) is 0 Å². The van der Waals surface area contributed by atoms with Gasteiger partial charge in [-0.05, 0) is 6.92 Å². The number of aldehydes is 1. The Morgan fingerprint density at radius 3 is 2.54 bits per heavy atom. The van der Waals surface area contributed by atoms with Crippen LogP contribution in [-0.4, -0.2) is 42.3 Å². The third-order valence-corrected chi connectivity index (χ3v) is 4.64. The molecule has 0 spiro atoms. The van der Waals surface area contributed by atoms with Crippen molar-refractivity contribution >= 4 is 34.0 Å². The summed E-state index contributed by atoms with van der Waals surface area (Å²) in [5.74, 6) is -2.55. The van der Waals surface area contributed by atoms with Crippen molar-refractivity contribution in [3.8, 4) is 0 Å². The smallest absolute Gasteiger partial charge is 0.480 e. The lowest BCUT2D eigenvalue weighted by molar-refractivity contribution is -0.146. The Kier molecular flexibility index (Phi) is 4.38. The first-order valence-electron chi connectivity index (χ1n) is 6.31. The van der Waals surface area contributed by atoms with E-state index >= 15 is 0 Å². The molecule has 1 heterocycles. The predicted octanol–water partition coefficient (Wildman–Crippen LogP) is 1.83. The van der Waals surface area contributed by atoms with E-state index in [1.807, 2.05) is 0 Å². The second-order valence-corrected chi connectivity index (χ2v) is 7.66. The number of carboxylic acid groups (broad SMARTS) is 1. The summed E-state index contributed by atoms with van der Waals surface area (Å²) in [5.41, 5.74) is -6.45. The number of aliphatic carboxylic acids is 1. The van der Waals surface area contributed by atoms with Crippen LogP contribution in [0, 0.1) is 0 Å². The van der Waals surface area contributed by atoms with E-state index in [0.29, 0.717) is 0 Å². The van der Waals surface area contributed by atoms with E-state index in [1.165, 1.54) is 6.92 Å². The van der Waals surface area contributed by atoms with E-state index in [-0.39, 0.29) is 17.6 Å². The van der Waals surface area contributed by atoms with Gasteiger partial charge in [0, 0.05) is 24.0 Å². The van der Waals surface area contributed by atoms with E-state index in [2.05, 4.69) is 4.18 Å². The van der Waals surface area contributed by atoms with Crippen LogP contribution in [0.4, 0.5) is 13.2 Å². The van der Waals surface area contributed by atoms with Crippen molar-refractivity contribution < 1.29 is 45.2 Å². The highest BCUT2D eigenvalue weighted by molar-refractivity contribution is 7.87. The summed E-state index contributed by atoms with van der Waals surface area (Å²) >= 11 is 6.15. The lowest BCUT2D eigenvalue weighted by Gasteiger charge is -2.29. The fourth-order valence-corrected chi connectivity index (χ4v) is 3.20. The van der Waals surface area contributed by atoms with Crippen LogP contribution in [0.25, 0.3) is 0 Å². The first-order chi connectivity index (χ1) is 10.8. The van der Waals surface area contributed by atoms with E-state index in [9.17, 15) is 31.2 Å². The molecule has 0 fully saturated rings. The Bertz CT molecular complexity index is 764. The van der Waals surface area contributed by atoms with Crippen molar-refractivity contribution in [2.45, 2.75) is 36.3 Å². The summed E-state index contributed by atoms with van der Waals surface area (Å²) in [6.07, 6.45) is -2.26. The molecule has 2 aliphatic rings. The van der Waals surface area contributed by atoms with Crippen LogP contribution in [0.2, 0.25) is 0 Å². The van der Waals surface area contributed by atoms with Gasteiger partial charge in [-0.3, -0.25) is 4.79 Å². The fourth-order valence-electron chi connectivity index (χ4n) is 2.37. The van der Waals surface area contributed by atoms with Crippen LogP contribution >= 0.6 is 11.6 Å². The molecule has 7 nitrogen and oxygen atoms in total. The highest BCUT2D eigenvalue weighted by Crippen LogP contribution is 2.48. The number of ether oxygens (including phenoxy) is 1. The highest BCUT2D eigenvalue weighted by Gasteiger charge is 2.52. The molecule has 0 radical (unpaired) electrons. The fraction of sp³-hybridized carbons (Fsp3) is 0.500. The third kappa shape index (κ3) is 3.09. The van der Waals surface area contributed by atoms with E-state index in [0.717, 1.165) is 0 Å². The zero-order valence-electron chi connectivity index (χ0n) is 11.9. The first kappa shape index (κ1) is 18.6. The number of rotatable bonds is 4. The van der Waals surface area contributed by atoms with Crippen molar-refractivity contribution in [2.24, 2.45) is 0 Å². The second-order valence-electron chi connectivity index (χ2n) is 5.29. The summed E-state index contributed by atoms with van der Waals surface area (Å²) in [6.45, 7) is 1.35. The van der Waals surface area contributed by atoms with Gasteiger partial charge in [-0.15, -0.1) is 11.6 Å². The monoisotopic (exact) mass is 390 g/mol. The molecule has 2 rings (SSSR count). The van der Waals surface area contributed by atoms with Gasteiger partial charge in [0.2, 0.25) is 0 Å². The molecule has 0 bridgehead atoms. The Labute approximate surface area is 138 Å². The Morgan fingerprint density at radius 2 is 2.08 bits per heavy atom. The third-order valence-electron chi connectivity index (χ3n) is 3.38. The minimum absolute atomic E-state index is 0.111. The molecule has 134 valence electrons. The number of alkyl halides is 4. The predicted molar refractivity (Wildman–Crippen MR) is 72.2 cm³/mol. The minimum atomic E-state index is -6.05. The summed E-state index contributed by atoms with van der Waals surface area (Å²) in [6, 6.07) is 0. The number of halogens is 4. The number of carboxylic acids is 1. The molecular weight excluding hydrogens is 381 g/mol. The number of carbonyl (C=O) groups is 2. The number of carbonyl (C=O) groups excluding carboxylic acids is 1. The minimum Gasteiger partial charge on any atom is -0.480 e.